The summed E-state index contributed by atoms with van der Waals surface area (Å²) in [6, 6.07) is 11.3. The van der Waals surface area contributed by atoms with Crippen LogP contribution in [0.2, 0.25) is 0 Å². The van der Waals surface area contributed by atoms with Gasteiger partial charge in [-0.25, -0.2) is 9.79 Å². The van der Waals surface area contributed by atoms with E-state index in [9.17, 15) is 4.79 Å². The Labute approximate surface area is 164 Å². The van der Waals surface area contributed by atoms with Crippen LogP contribution in [0.1, 0.15) is 23.6 Å². The number of nitrogens with zero attached hydrogens (tertiary/aromatic N) is 1. The minimum absolute atomic E-state index is 0.280. The van der Waals surface area contributed by atoms with E-state index in [0.717, 1.165) is 28.9 Å². The zero-order valence-electron chi connectivity index (χ0n) is 16.4. The molecule has 0 unspecified atom stereocenters. The van der Waals surface area contributed by atoms with Gasteiger partial charge >= 0.3 is 5.97 Å². The van der Waals surface area contributed by atoms with Crippen molar-refractivity contribution in [3.8, 4) is 17.2 Å². The molecular formula is C22H23NO5. The predicted molar refractivity (Wildman–Crippen MR) is 107 cm³/mol. The van der Waals surface area contributed by atoms with Gasteiger partial charge < -0.3 is 18.9 Å². The van der Waals surface area contributed by atoms with Crippen molar-refractivity contribution in [2.45, 2.75) is 19.8 Å². The minimum atomic E-state index is -0.454. The van der Waals surface area contributed by atoms with Gasteiger partial charge in [-0.05, 0) is 53.5 Å². The molecule has 2 aromatic carbocycles. The summed E-state index contributed by atoms with van der Waals surface area (Å²) in [5, 5.41) is 0. The maximum absolute atomic E-state index is 12.2. The molecular weight excluding hydrogens is 358 g/mol. The summed E-state index contributed by atoms with van der Waals surface area (Å²) in [7, 11) is 4.81. The number of aryl methyl sites for hydroxylation is 1. The van der Waals surface area contributed by atoms with Gasteiger partial charge in [-0.2, -0.15) is 0 Å². The van der Waals surface area contributed by atoms with Crippen LogP contribution in [0.3, 0.4) is 0 Å². The number of hydrogen-bond donors (Lipinski definition) is 0. The molecule has 6 nitrogen and oxygen atoms in total. The summed E-state index contributed by atoms with van der Waals surface area (Å²) in [6.07, 6.45) is 2.94. The molecule has 0 bridgehead atoms. The SMILES string of the molecule is CCc1cc(/C=C2/N=C(Cc3ccc(OC)c(OC)c3)OC2=O)ccc1OC. The van der Waals surface area contributed by atoms with Crippen molar-refractivity contribution >= 4 is 17.9 Å². The number of hydrogen-bond acceptors (Lipinski definition) is 6. The Morgan fingerprint density at radius 2 is 1.68 bits per heavy atom. The number of carbonyl (C=O) groups excluding carboxylic acids is 1. The normalized spacial score (nSPS) is 14.6. The average molecular weight is 381 g/mol. The van der Waals surface area contributed by atoms with Crippen molar-refractivity contribution < 1.29 is 23.7 Å². The van der Waals surface area contributed by atoms with Crippen molar-refractivity contribution in [2.24, 2.45) is 4.99 Å². The van der Waals surface area contributed by atoms with E-state index >= 15 is 0 Å². The van der Waals surface area contributed by atoms with Crippen molar-refractivity contribution in [1.29, 1.82) is 0 Å². The van der Waals surface area contributed by atoms with Crippen LogP contribution in [-0.2, 0) is 22.4 Å². The zero-order chi connectivity index (χ0) is 20.1. The van der Waals surface area contributed by atoms with Gasteiger partial charge in [0, 0.05) is 6.42 Å². The molecule has 6 heteroatoms. The Bertz CT molecular complexity index is 946. The lowest BCUT2D eigenvalue weighted by Gasteiger charge is -2.09. The number of esters is 1. The second kappa shape index (κ2) is 8.61. The third kappa shape index (κ3) is 4.17. The van der Waals surface area contributed by atoms with Crippen LogP contribution in [0.4, 0.5) is 0 Å². The van der Waals surface area contributed by atoms with Gasteiger partial charge in [0.25, 0.3) is 0 Å². The first-order chi connectivity index (χ1) is 13.6. The van der Waals surface area contributed by atoms with Gasteiger partial charge in [-0.1, -0.05) is 19.1 Å². The predicted octanol–water partition coefficient (Wildman–Crippen LogP) is 3.81. The molecule has 2 aromatic rings. The molecule has 0 aromatic heterocycles. The molecule has 0 saturated carbocycles. The van der Waals surface area contributed by atoms with Crippen molar-refractivity contribution in [1.82, 2.24) is 0 Å². The lowest BCUT2D eigenvalue weighted by Crippen LogP contribution is -2.07. The summed E-state index contributed by atoms with van der Waals surface area (Å²) < 4.78 is 21.2. The molecule has 0 radical (unpaired) electrons. The number of cyclic esters (lactones) is 1. The third-order valence-electron chi connectivity index (χ3n) is 4.46. The number of carbonyl (C=O) groups is 1. The lowest BCUT2D eigenvalue weighted by atomic mass is 10.1. The average Bonchev–Trinajstić information content (AvgIpc) is 3.06. The Hall–Kier alpha value is -3.28. The number of ether oxygens (including phenoxy) is 4. The fraction of sp³-hybridized carbons (Fsp3) is 0.273. The van der Waals surface area contributed by atoms with Gasteiger partial charge in [0.1, 0.15) is 5.75 Å². The zero-order valence-corrected chi connectivity index (χ0v) is 16.4. The van der Waals surface area contributed by atoms with Crippen LogP contribution in [0.5, 0.6) is 17.2 Å². The summed E-state index contributed by atoms with van der Waals surface area (Å²) in [6.45, 7) is 2.05. The van der Waals surface area contributed by atoms with E-state index < -0.39 is 5.97 Å². The quantitative estimate of drug-likeness (QED) is 0.539. The highest BCUT2D eigenvalue weighted by Gasteiger charge is 2.23. The standard InChI is InChI=1S/C22H23NO5/c1-5-16-10-14(6-8-18(16)25-2)11-17-22(24)28-21(23-17)13-15-7-9-19(26-3)20(12-15)27-4/h6-12H,5,13H2,1-4H3/b17-11+. The number of aliphatic imine (C=N–C) groups is 1. The summed E-state index contributed by atoms with van der Waals surface area (Å²) in [4.78, 5) is 16.6. The molecule has 0 fully saturated rings. The van der Waals surface area contributed by atoms with Crippen molar-refractivity contribution in [3.63, 3.8) is 0 Å². The van der Waals surface area contributed by atoms with E-state index in [4.69, 9.17) is 18.9 Å². The summed E-state index contributed by atoms with van der Waals surface area (Å²) in [5.41, 5.74) is 3.13. The van der Waals surface area contributed by atoms with Crippen LogP contribution in [0.15, 0.2) is 47.1 Å². The summed E-state index contributed by atoms with van der Waals surface area (Å²) in [5.74, 6) is 1.99. The van der Waals surface area contributed by atoms with Crippen LogP contribution in [-0.4, -0.2) is 33.2 Å². The maximum Gasteiger partial charge on any atom is 0.363 e. The molecule has 1 aliphatic heterocycles. The minimum Gasteiger partial charge on any atom is -0.496 e. The van der Waals surface area contributed by atoms with E-state index in [1.165, 1.54) is 0 Å². The van der Waals surface area contributed by atoms with Crippen LogP contribution >= 0.6 is 0 Å². The monoisotopic (exact) mass is 381 g/mol. The molecule has 146 valence electrons. The highest BCUT2D eigenvalue weighted by Crippen LogP contribution is 2.29. The molecule has 0 spiro atoms. The molecule has 0 N–H and O–H groups in total. The number of methoxy groups -OCH3 is 3. The van der Waals surface area contributed by atoms with Gasteiger partial charge in [0.15, 0.2) is 17.2 Å². The molecule has 0 saturated heterocycles. The Morgan fingerprint density at radius 1 is 0.964 bits per heavy atom. The summed E-state index contributed by atoms with van der Waals surface area (Å²) >= 11 is 0. The van der Waals surface area contributed by atoms with Gasteiger partial charge in [-0.3, -0.25) is 0 Å². The molecule has 28 heavy (non-hydrogen) atoms. The van der Waals surface area contributed by atoms with E-state index in [1.54, 1.807) is 27.4 Å². The Morgan fingerprint density at radius 3 is 2.36 bits per heavy atom. The number of benzene rings is 2. The van der Waals surface area contributed by atoms with Crippen LogP contribution < -0.4 is 14.2 Å². The molecule has 1 aliphatic rings. The van der Waals surface area contributed by atoms with E-state index in [-0.39, 0.29) is 5.70 Å². The fourth-order valence-corrected chi connectivity index (χ4v) is 3.02. The largest absolute Gasteiger partial charge is 0.496 e. The Kier molecular flexibility index (Phi) is 5.99. The third-order valence-corrected chi connectivity index (χ3v) is 4.46. The van der Waals surface area contributed by atoms with Gasteiger partial charge in [-0.15, -0.1) is 0 Å². The molecule has 0 amide bonds. The highest BCUT2D eigenvalue weighted by atomic mass is 16.6. The van der Waals surface area contributed by atoms with E-state index in [0.29, 0.717) is 23.8 Å². The van der Waals surface area contributed by atoms with Crippen molar-refractivity contribution in [2.75, 3.05) is 21.3 Å². The molecule has 0 aliphatic carbocycles. The topological polar surface area (TPSA) is 66.3 Å². The van der Waals surface area contributed by atoms with Crippen molar-refractivity contribution in [3.05, 3.63) is 58.8 Å². The first-order valence-corrected chi connectivity index (χ1v) is 8.97. The molecule has 3 rings (SSSR count). The van der Waals surface area contributed by atoms with E-state index in [1.807, 2.05) is 36.4 Å². The molecule has 1 heterocycles. The number of rotatable bonds is 7. The van der Waals surface area contributed by atoms with E-state index in [2.05, 4.69) is 11.9 Å². The second-order valence-corrected chi connectivity index (χ2v) is 6.22. The smallest absolute Gasteiger partial charge is 0.363 e. The van der Waals surface area contributed by atoms with Crippen LogP contribution in [0.25, 0.3) is 6.08 Å². The molecule has 0 atom stereocenters. The fourth-order valence-electron chi connectivity index (χ4n) is 3.02. The first-order valence-electron chi connectivity index (χ1n) is 8.97. The maximum atomic E-state index is 12.2. The van der Waals surface area contributed by atoms with Crippen LogP contribution in [0, 0.1) is 0 Å². The highest BCUT2D eigenvalue weighted by molar-refractivity contribution is 6.07. The lowest BCUT2D eigenvalue weighted by molar-refractivity contribution is -0.130. The van der Waals surface area contributed by atoms with Gasteiger partial charge in [0.2, 0.25) is 5.90 Å². The first kappa shape index (κ1) is 19.5. The second-order valence-electron chi connectivity index (χ2n) is 6.22. The Balaban J connectivity index is 1.82. The van der Waals surface area contributed by atoms with Gasteiger partial charge in [0.05, 0.1) is 21.3 Å².